The molecule has 4 rings (SSSR count). The maximum atomic E-state index is 13.0. The number of ether oxygens (including phenoxy) is 1. The smallest absolute Gasteiger partial charge is 0.227 e. The lowest BCUT2D eigenvalue weighted by molar-refractivity contribution is -0.130. The molecule has 0 atom stereocenters. The molecule has 2 aliphatic rings. The molecule has 0 unspecified atom stereocenters. The summed E-state index contributed by atoms with van der Waals surface area (Å²) < 4.78 is 18.4. The third kappa shape index (κ3) is 4.39. The minimum atomic E-state index is -0.286. The molecule has 148 valence electrons. The number of halogens is 1. The van der Waals surface area contributed by atoms with Crippen LogP contribution in [-0.2, 0) is 16.0 Å². The molecule has 7 nitrogen and oxygen atoms in total. The number of carbonyl (C=O) groups is 1. The molecule has 8 heteroatoms. The van der Waals surface area contributed by atoms with Crippen molar-refractivity contribution < 1.29 is 13.9 Å². The van der Waals surface area contributed by atoms with Gasteiger partial charge in [0.25, 0.3) is 0 Å². The monoisotopic (exact) mass is 385 g/mol. The largest absolute Gasteiger partial charge is 0.378 e. The number of hydrogen-bond acceptors (Lipinski definition) is 6. The van der Waals surface area contributed by atoms with Crippen LogP contribution < -0.4 is 9.80 Å². The van der Waals surface area contributed by atoms with Crippen LogP contribution in [0.15, 0.2) is 36.5 Å². The topological polar surface area (TPSA) is 61.8 Å². The maximum Gasteiger partial charge on any atom is 0.227 e. The number of nitrogens with zero attached hydrogens (tertiary/aromatic N) is 5. The number of anilines is 2. The number of benzene rings is 1. The summed E-state index contributed by atoms with van der Waals surface area (Å²) in [5.74, 6) is 1.41. The van der Waals surface area contributed by atoms with Gasteiger partial charge in [0.2, 0.25) is 11.9 Å². The summed E-state index contributed by atoms with van der Waals surface area (Å²) in [7, 11) is 0. The van der Waals surface area contributed by atoms with Crippen molar-refractivity contribution >= 4 is 17.7 Å². The van der Waals surface area contributed by atoms with Gasteiger partial charge >= 0.3 is 0 Å². The Balaban J connectivity index is 1.33. The van der Waals surface area contributed by atoms with Gasteiger partial charge in [-0.1, -0.05) is 12.1 Å². The zero-order valence-corrected chi connectivity index (χ0v) is 15.8. The van der Waals surface area contributed by atoms with E-state index in [2.05, 4.69) is 14.8 Å². The van der Waals surface area contributed by atoms with E-state index in [1.807, 2.05) is 11.0 Å². The van der Waals surface area contributed by atoms with Gasteiger partial charge in [-0.2, -0.15) is 4.98 Å². The van der Waals surface area contributed by atoms with Crippen LogP contribution in [0.2, 0.25) is 0 Å². The van der Waals surface area contributed by atoms with Crippen LogP contribution in [0.3, 0.4) is 0 Å². The van der Waals surface area contributed by atoms with E-state index in [4.69, 9.17) is 9.72 Å². The number of hydrogen-bond donors (Lipinski definition) is 0. The summed E-state index contributed by atoms with van der Waals surface area (Å²) in [6.07, 6.45) is 2.09. The zero-order valence-electron chi connectivity index (χ0n) is 15.8. The quantitative estimate of drug-likeness (QED) is 0.792. The van der Waals surface area contributed by atoms with Crippen LogP contribution in [-0.4, -0.2) is 73.3 Å². The third-order valence-electron chi connectivity index (χ3n) is 5.15. The average Bonchev–Trinajstić information content (AvgIpc) is 2.76. The molecule has 0 bridgehead atoms. The van der Waals surface area contributed by atoms with Crippen molar-refractivity contribution in [3.05, 3.63) is 47.9 Å². The van der Waals surface area contributed by atoms with E-state index >= 15 is 0 Å². The van der Waals surface area contributed by atoms with Gasteiger partial charge in [-0.05, 0) is 23.8 Å². The van der Waals surface area contributed by atoms with E-state index in [9.17, 15) is 9.18 Å². The second kappa shape index (κ2) is 8.52. The highest BCUT2D eigenvalue weighted by atomic mass is 19.1. The lowest BCUT2D eigenvalue weighted by Gasteiger charge is -2.36. The van der Waals surface area contributed by atoms with Crippen LogP contribution in [0, 0.1) is 5.82 Å². The summed E-state index contributed by atoms with van der Waals surface area (Å²) in [6, 6.07) is 8.03. The lowest BCUT2D eigenvalue weighted by atomic mass is 10.1. The molecule has 0 saturated carbocycles. The fraction of sp³-hybridized carbons (Fsp3) is 0.450. The second-order valence-electron chi connectivity index (χ2n) is 6.99. The van der Waals surface area contributed by atoms with Gasteiger partial charge in [0.1, 0.15) is 11.6 Å². The highest BCUT2D eigenvalue weighted by molar-refractivity contribution is 5.79. The molecule has 0 N–H and O–H groups in total. The van der Waals surface area contributed by atoms with Crippen molar-refractivity contribution in [2.45, 2.75) is 6.42 Å². The predicted octanol–water partition coefficient (Wildman–Crippen LogP) is 1.34. The van der Waals surface area contributed by atoms with Crippen molar-refractivity contribution in [2.75, 3.05) is 62.3 Å². The van der Waals surface area contributed by atoms with Crippen molar-refractivity contribution in [1.29, 1.82) is 0 Å². The molecular weight excluding hydrogens is 361 g/mol. The first-order valence-corrected chi connectivity index (χ1v) is 9.62. The fourth-order valence-electron chi connectivity index (χ4n) is 3.50. The van der Waals surface area contributed by atoms with Crippen LogP contribution in [0.1, 0.15) is 5.56 Å². The number of amides is 1. The summed E-state index contributed by atoms with van der Waals surface area (Å²) >= 11 is 0. The highest BCUT2D eigenvalue weighted by Crippen LogP contribution is 2.18. The van der Waals surface area contributed by atoms with Crippen LogP contribution in [0.4, 0.5) is 16.2 Å². The molecule has 0 spiro atoms. The normalized spacial score (nSPS) is 17.7. The Morgan fingerprint density at radius 2 is 1.68 bits per heavy atom. The van der Waals surface area contributed by atoms with Gasteiger partial charge in [0, 0.05) is 45.5 Å². The predicted molar refractivity (Wildman–Crippen MR) is 104 cm³/mol. The fourth-order valence-corrected chi connectivity index (χ4v) is 3.50. The van der Waals surface area contributed by atoms with E-state index < -0.39 is 0 Å². The van der Waals surface area contributed by atoms with E-state index in [0.717, 1.165) is 43.5 Å². The van der Waals surface area contributed by atoms with Crippen molar-refractivity contribution in [3.63, 3.8) is 0 Å². The molecule has 0 aliphatic carbocycles. The molecule has 2 aromatic rings. The number of morpholine rings is 1. The van der Waals surface area contributed by atoms with E-state index in [0.29, 0.717) is 32.7 Å². The molecule has 1 aromatic heterocycles. The van der Waals surface area contributed by atoms with Crippen LogP contribution >= 0.6 is 0 Å². The first-order valence-electron chi connectivity index (χ1n) is 9.62. The molecule has 28 heavy (non-hydrogen) atoms. The van der Waals surface area contributed by atoms with Crippen molar-refractivity contribution in [1.82, 2.24) is 14.9 Å². The van der Waals surface area contributed by atoms with Gasteiger partial charge in [-0.25, -0.2) is 9.37 Å². The Morgan fingerprint density at radius 3 is 2.39 bits per heavy atom. The summed E-state index contributed by atoms with van der Waals surface area (Å²) in [4.78, 5) is 27.8. The number of rotatable bonds is 4. The summed E-state index contributed by atoms with van der Waals surface area (Å²) in [5.41, 5.74) is 0.833. The standard InChI is InChI=1S/C20H24FN5O2/c21-17-3-1-16(2-4-17)15-19(27)25-9-7-24(8-10-25)18-5-6-22-20(23-18)26-11-13-28-14-12-26/h1-6H,7-15H2. The molecule has 2 aliphatic heterocycles. The lowest BCUT2D eigenvalue weighted by Crippen LogP contribution is -2.49. The highest BCUT2D eigenvalue weighted by Gasteiger charge is 2.23. The Labute approximate surface area is 163 Å². The Kier molecular flexibility index (Phi) is 5.66. The molecule has 0 radical (unpaired) electrons. The van der Waals surface area contributed by atoms with Gasteiger partial charge in [-0.3, -0.25) is 4.79 Å². The van der Waals surface area contributed by atoms with Crippen molar-refractivity contribution in [3.8, 4) is 0 Å². The van der Waals surface area contributed by atoms with Crippen LogP contribution in [0.25, 0.3) is 0 Å². The Hall–Kier alpha value is -2.74. The molecule has 1 aromatic carbocycles. The first-order chi connectivity index (χ1) is 13.7. The third-order valence-corrected chi connectivity index (χ3v) is 5.15. The van der Waals surface area contributed by atoms with Gasteiger partial charge < -0.3 is 19.4 Å². The minimum absolute atomic E-state index is 0.0722. The second-order valence-corrected chi connectivity index (χ2v) is 6.99. The SMILES string of the molecule is O=C(Cc1ccc(F)cc1)N1CCN(c2ccnc(N3CCOCC3)n2)CC1. The van der Waals surface area contributed by atoms with Gasteiger partial charge in [-0.15, -0.1) is 0 Å². The number of aromatic nitrogens is 2. The Bertz CT molecular complexity index is 802. The molecule has 3 heterocycles. The first kappa shape index (κ1) is 18.6. The molecule has 1 amide bonds. The Morgan fingerprint density at radius 1 is 0.964 bits per heavy atom. The minimum Gasteiger partial charge on any atom is -0.378 e. The van der Waals surface area contributed by atoms with E-state index in [1.165, 1.54) is 12.1 Å². The summed E-state index contributed by atoms with van der Waals surface area (Å²) in [6.45, 7) is 5.76. The molecule has 2 fully saturated rings. The number of piperazine rings is 1. The number of carbonyl (C=O) groups excluding carboxylic acids is 1. The van der Waals surface area contributed by atoms with E-state index in [-0.39, 0.29) is 11.7 Å². The van der Waals surface area contributed by atoms with Gasteiger partial charge in [0.15, 0.2) is 0 Å². The zero-order chi connectivity index (χ0) is 19.3. The maximum absolute atomic E-state index is 13.0. The summed E-state index contributed by atoms with van der Waals surface area (Å²) in [5, 5.41) is 0. The molecular formula is C20H24FN5O2. The van der Waals surface area contributed by atoms with Crippen molar-refractivity contribution in [2.24, 2.45) is 0 Å². The van der Waals surface area contributed by atoms with Gasteiger partial charge in [0.05, 0.1) is 19.6 Å². The van der Waals surface area contributed by atoms with E-state index in [1.54, 1.807) is 18.3 Å². The van der Waals surface area contributed by atoms with Crippen LogP contribution in [0.5, 0.6) is 0 Å². The average molecular weight is 385 g/mol. The molecule has 2 saturated heterocycles.